The number of anilines is 3. The molecule has 0 unspecified atom stereocenters. The van der Waals surface area contributed by atoms with E-state index in [1.54, 1.807) is 16.8 Å². The van der Waals surface area contributed by atoms with E-state index in [-0.39, 0.29) is 5.69 Å². The van der Waals surface area contributed by atoms with Crippen LogP contribution in [0, 0.1) is 0 Å². The van der Waals surface area contributed by atoms with Gasteiger partial charge in [-0.2, -0.15) is 18.3 Å². The standard InChI is InChI=1S/C30H33F3N8O/c1-39-11-13-41(14-12-39)17-20-5-8-21(30(31,32)33)15-24(20)37-29(42)35-22-9-6-18(7-10-22)23-16-25(19-3-4-19)36-28-26(23)27(34)38-40(28)2/h5-10,15-16,19H,3-4,11-14,17H2,1-2H3,(H2,34,38)(H2,35,37,42). The number of aromatic nitrogens is 3. The average molecular weight is 579 g/mol. The summed E-state index contributed by atoms with van der Waals surface area (Å²) in [5.74, 6) is 0.832. The fraction of sp³-hybridized carbons (Fsp3) is 0.367. The number of aryl methyl sites for hydroxylation is 1. The number of likely N-dealkylation sites (N-methyl/N-ethyl adjacent to an activating group) is 1. The second-order valence-corrected chi connectivity index (χ2v) is 11.2. The predicted octanol–water partition coefficient (Wildman–Crippen LogP) is 5.51. The van der Waals surface area contributed by atoms with Gasteiger partial charge in [0.05, 0.1) is 10.9 Å². The number of hydrogen-bond donors (Lipinski definition) is 3. The first-order valence-corrected chi connectivity index (χ1v) is 14.0. The van der Waals surface area contributed by atoms with Crippen molar-refractivity contribution < 1.29 is 18.0 Å². The van der Waals surface area contributed by atoms with E-state index in [1.165, 1.54) is 6.07 Å². The lowest BCUT2D eigenvalue weighted by Crippen LogP contribution is -2.44. The summed E-state index contributed by atoms with van der Waals surface area (Å²) in [6.07, 6.45) is -2.32. The van der Waals surface area contributed by atoms with E-state index in [2.05, 4.69) is 31.6 Å². The molecule has 0 radical (unpaired) electrons. The highest BCUT2D eigenvalue weighted by molar-refractivity contribution is 6.02. The van der Waals surface area contributed by atoms with Crippen LogP contribution in [0.1, 0.15) is 35.6 Å². The number of fused-ring (bicyclic) bond motifs is 1. The fourth-order valence-electron chi connectivity index (χ4n) is 5.38. The van der Waals surface area contributed by atoms with Gasteiger partial charge in [0.1, 0.15) is 0 Å². The van der Waals surface area contributed by atoms with Crippen LogP contribution < -0.4 is 16.4 Å². The van der Waals surface area contributed by atoms with E-state index in [0.717, 1.165) is 79.0 Å². The van der Waals surface area contributed by atoms with Gasteiger partial charge >= 0.3 is 12.2 Å². The van der Waals surface area contributed by atoms with E-state index < -0.39 is 17.8 Å². The van der Waals surface area contributed by atoms with Crippen molar-refractivity contribution in [3.8, 4) is 11.1 Å². The summed E-state index contributed by atoms with van der Waals surface area (Å²) < 4.78 is 42.2. The van der Waals surface area contributed by atoms with Crippen molar-refractivity contribution in [3.63, 3.8) is 0 Å². The molecule has 3 heterocycles. The number of benzene rings is 2. The molecular weight excluding hydrogens is 545 g/mol. The molecule has 2 aliphatic rings. The number of carbonyl (C=O) groups excluding carboxylic acids is 1. The van der Waals surface area contributed by atoms with Crippen LogP contribution in [-0.4, -0.2) is 63.8 Å². The minimum atomic E-state index is -4.52. The smallest absolute Gasteiger partial charge is 0.382 e. The molecule has 1 saturated heterocycles. The maximum Gasteiger partial charge on any atom is 0.416 e. The molecule has 0 bridgehead atoms. The summed E-state index contributed by atoms with van der Waals surface area (Å²) in [6.45, 7) is 3.79. The Morgan fingerprint density at radius 3 is 2.38 bits per heavy atom. The first kappa shape index (κ1) is 28.0. The zero-order chi connectivity index (χ0) is 29.6. The number of nitrogens with zero attached hydrogens (tertiary/aromatic N) is 5. The Hall–Kier alpha value is -4.16. The quantitative estimate of drug-likeness (QED) is 0.279. The van der Waals surface area contributed by atoms with Crippen LogP contribution in [0.4, 0.5) is 35.2 Å². The maximum absolute atomic E-state index is 13.5. The molecule has 1 aliphatic carbocycles. The number of urea groups is 1. The van der Waals surface area contributed by atoms with Crippen molar-refractivity contribution in [3.05, 3.63) is 65.4 Å². The van der Waals surface area contributed by atoms with E-state index >= 15 is 0 Å². The highest BCUT2D eigenvalue weighted by Crippen LogP contribution is 2.42. The summed E-state index contributed by atoms with van der Waals surface area (Å²) in [6, 6.07) is 12.2. The topological polar surface area (TPSA) is 104 Å². The molecule has 6 rings (SSSR count). The summed E-state index contributed by atoms with van der Waals surface area (Å²) in [4.78, 5) is 22.1. The summed E-state index contributed by atoms with van der Waals surface area (Å²) >= 11 is 0. The third-order valence-corrected chi connectivity index (χ3v) is 7.97. The minimum absolute atomic E-state index is 0.136. The van der Waals surface area contributed by atoms with Crippen LogP contribution in [-0.2, 0) is 19.8 Å². The van der Waals surface area contributed by atoms with Crippen molar-refractivity contribution in [2.75, 3.05) is 49.6 Å². The van der Waals surface area contributed by atoms with Gasteiger partial charge in [-0.25, -0.2) is 14.5 Å². The van der Waals surface area contributed by atoms with Crippen LogP contribution in [0.5, 0.6) is 0 Å². The van der Waals surface area contributed by atoms with Gasteiger partial charge in [-0.1, -0.05) is 18.2 Å². The van der Waals surface area contributed by atoms with E-state index in [1.807, 2.05) is 26.2 Å². The lowest BCUT2D eigenvalue weighted by Gasteiger charge is -2.32. The highest BCUT2D eigenvalue weighted by atomic mass is 19.4. The molecule has 220 valence electrons. The molecule has 12 heteroatoms. The lowest BCUT2D eigenvalue weighted by molar-refractivity contribution is -0.137. The zero-order valence-corrected chi connectivity index (χ0v) is 23.5. The van der Waals surface area contributed by atoms with Crippen molar-refractivity contribution in [1.29, 1.82) is 0 Å². The second kappa shape index (κ2) is 10.9. The van der Waals surface area contributed by atoms with Gasteiger partial charge in [-0.3, -0.25) is 4.90 Å². The molecule has 1 saturated carbocycles. The van der Waals surface area contributed by atoms with Crippen LogP contribution >= 0.6 is 0 Å². The summed E-state index contributed by atoms with van der Waals surface area (Å²) in [5.41, 5.74) is 10.2. The lowest BCUT2D eigenvalue weighted by atomic mass is 10.0. The third-order valence-electron chi connectivity index (χ3n) is 7.97. The molecule has 4 aromatic rings. The number of nitrogens with one attached hydrogen (secondary N) is 2. The van der Waals surface area contributed by atoms with Crippen molar-refractivity contribution in [2.45, 2.75) is 31.5 Å². The number of nitrogens with two attached hydrogens (primary N) is 1. The molecule has 2 amide bonds. The summed E-state index contributed by atoms with van der Waals surface area (Å²) in [7, 11) is 3.86. The Morgan fingerprint density at radius 2 is 1.71 bits per heavy atom. The Morgan fingerprint density at radius 1 is 1.00 bits per heavy atom. The number of halogens is 3. The molecule has 2 aromatic heterocycles. The van der Waals surface area contributed by atoms with Crippen LogP contribution in [0.25, 0.3) is 22.2 Å². The number of alkyl halides is 3. The van der Waals surface area contributed by atoms with Gasteiger partial charge in [-0.05, 0) is 66.9 Å². The zero-order valence-electron chi connectivity index (χ0n) is 23.5. The molecule has 1 aliphatic heterocycles. The number of piperazine rings is 1. The first-order valence-electron chi connectivity index (χ1n) is 14.0. The van der Waals surface area contributed by atoms with E-state index in [4.69, 9.17) is 10.7 Å². The molecular formula is C30H33F3N8O. The minimum Gasteiger partial charge on any atom is -0.382 e. The SMILES string of the molecule is CN1CCN(Cc2ccc(C(F)(F)F)cc2NC(=O)Nc2ccc(-c3cc(C4CC4)nc4c3c(N)nn4C)cc2)CC1. The normalized spacial score (nSPS) is 16.6. The predicted molar refractivity (Wildman–Crippen MR) is 157 cm³/mol. The molecule has 4 N–H and O–H groups in total. The number of pyridine rings is 1. The van der Waals surface area contributed by atoms with Crippen molar-refractivity contribution in [1.82, 2.24) is 24.6 Å². The second-order valence-electron chi connectivity index (χ2n) is 11.2. The number of carbonyl (C=O) groups is 1. The van der Waals surface area contributed by atoms with Crippen LogP contribution in [0.3, 0.4) is 0 Å². The summed E-state index contributed by atoms with van der Waals surface area (Å²) in [5, 5.41) is 10.5. The monoisotopic (exact) mass is 578 g/mol. The average Bonchev–Trinajstić information content (AvgIpc) is 3.76. The van der Waals surface area contributed by atoms with Gasteiger partial charge in [0.2, 0.25) is 0 Å². The van der Waals surface area contributed by atoms with Gasteiger partial charge < -0.3 is 21.3 Å². The maximum atomic E-state index is 13.5. The van der Waals surface area contributed by atoms with Gasteiger partial charge in [0.25, 0.3) is 0 Å². The van der Waals surface area contributed by atoms with Gasteiger partial charge in [-0.15, -0.1) is 0 Å². The molecule has 0 atom stereocenters. The molecule has 9 nitrogen and oxygen atoms in total. The Labute approximate surface area is 241 Å². The van der Waals surface area contributed by atoms with Gasteiger partial charge in [0.15, 0.2) is 11.5 Å². The van der Waals surface area contributed by atoms with E-state index in [0.29, 0.717) is 29.5 Å². The van der Waals surface area contributed by atoms with Gasteiger partial charge in [0, 0.05) is 62.8 Å². The van der Waals surface area contributed by atoms with Crippen molar-refractivity contribution >= 4 is 34.3 Å². The highest BCUT2D eigenvalue weighted by Gasteiger charge is 2.32. The third kappa shape index (κ3) is 5.90. The largest absolute Gasteiger partial charge is 0.416 e. The Kier molecular flexibility index (Phi) is 7.27. The molecule has 2 fully saturated rings. The van der Waals surface area contributed by atoms with Crippen LogP contribution in [0.15, 0.2) is 48.5 Å². The van der Waals surface area contributed by atoms with E-state index in [9.17, 15) is 18.0 Å². The molecule has 42 heavy (non-hydrogen) atoms. The van der Waals surface area contributed by atoms with Crippen molar-refractivity contribution in [2.24, 2.45) is 7.05 Å². The number of rotatable bonds is 6. The molecule has 2 aromatic carbocycles. The molecule has 0 spiro atoms. The fourth-order valence-corrected chi connectivity index (χ4v) is 5.38. The Balaban J connectivity index is 1.21. The number of hydrogen-bond acceptors (Lipinski definition) is 6. The number of nitrogen functional groups attached to an aromatic ring is 1. The first-order chi connectivity index (χ1) is 20.0. The van der Waals surface area contributed by atoms with Crippen LogP contribution in [0.2, 0.25) is 0 Å². The Bertz CT molecular complexity index is 1620. The number of amides is 2.